The maximum atomic E-state index is 12.7. The van der Waals surface area contributed by atoms with Crippen LogP contribution in [0.15, 0.2) is 67.3 Å². The number of benzene rings is 1. The van der Waals surface area contributed by atoms with E-state index in [1.807, 2.05) is 71.0 Å². The van der Waals surface area contributed by atoms with Crippen LogP contribution < -0.4 is 5.32 Å². The summed E-state index contributed by atoms with van der Waals surface area (Å²) in [5, 5.41) is 14.1. The van der Waals surface area contributed by atoms with Crippen molar-refractivity contribution >= 4 is 16.7 Å². The van der Waals surface area contributed by atoms with Crippen molar-refractivity contribution in [3.05, 3.63) is 84.1 Å². The lowest BCUT2D eigenvalue weighted by Crippen LogP contribution is -2.28. The van der Waals surface area contributed by atoms with Gasteiger partial charge in [0.15, 0.2) is 0 Å². The summed E-state index contributed by atoms with van der Waals surface area (Å²) in [6.45, 7) is 2.25. The third-order valence-electron chi connectivity index (χ3n) is 4.69. The average Bonchev–Trinajstić information content (AvgIpc) is 3.48. The highest BCUT2D eigenvalue weighted by Gasteiger charge is 2.17. The molecule has 1 amide bonds. The van der Waals surface area contributed by atoms with Gasteiger partial charge in [-0.1, -0.05) is 18.2 Å². The minimum atomic E-state index is -1.37. The normalized spacial score (nSPS) is 12.0. The Morgan fingerprint density at radius 3 is 2.57 bits per heavy atom. The van der Waals surface area contributed by atoms with Crippen molar-refractivity contribution in [3.8, 4) is 11.5 Å². The molecule has 2 N–H and O–H groups in total. The number of para-hydroxylation sites is 1. The predicted octanol–water partition coefficient (Wildman–Crippen LogP) is 2.26. The molecule has 1 atom stereocenters. The molecule has 154 valence electrons. The monoisotopic (exact) mass is 422 g/mol. The summed E-state index contributed by atoms with van der Waals surface area (Å²) in [6, 6.07) is 13.6. The topological polar surface area (TPSA) is 97.6 Å². The van der Waals surface area contributed by atoms with Gasteiger partial charge in [0, 0.05) is 46.6 Å². The van der Waals surface area contributed by atoms with Crippen molar-refractivity contribution in [1.82, 2.24) is 29.9 Å². The van der Waals surface area contributed by atoms with E-state index in [1.54, 1.807) is 12.4 Å². The van der Waals surface area contributed by atoms with E-state index in [0.29, 0.717) is 6.54 Å². The van der Waals surface area contributed by atoms with E-state index in [4.69, 9.17) is 0 Å². The first-order valence-electron chi connectivity index (χ1n) is 9.48. The molecule has 1 aromatic carbocycles. The van der Waals surface area contributed by atoms with Gasteiger partial charge >= 0.3 is 0 Å². The number of rotatable bonds is 8. The van der Waals surface area contributed by atoms with Crippen molar-refractivity contribution in [2.24, 2.45) is 0 Å². The highest BCUT2D eigenvalue weighted by atomic mass is 32.2. The van der Waals surface area contributed by atoms with Gasteiger partial charge in [0.1, 0.15) is 11.6 Å². The third-order valence-corrected chi connectivity index (χ3v) is 5.90. The minimum Gasteiger partial charge on any atom is -0.351 e. The van der Waals surface area contributed by atoms with Crippen molar-refractivity contribution in [3.63, 3.8) is 0 Å². The van der Waals surface area contributed by atoms with E-state index < -0.39 is 10.8 Å². The van der Waals surface area contributed by atoms with Crippen LogP contribution in [0, 0.1) is 6.92 Å². The molecule has 1 unspecified atom stereocenters. The van der Waals surface area contributed by atoms with Gasteiger partial charge in [-0.3, -0.25) is 14.1 Å². The number of nitrogens with zero attached hydrogens (tertiary/aromatic N) is 4. The van der Waals surface area contributed by atoms with Crippen LogP contribution in [-0.4, -0.2) is 40.4 Å². The Balaban J connectivity index is 1.47. The SMILES string of the molecule is Cc1[nH]ncc1CNC(=O)CS(=O)Cc1cnn(-c2ccccc2)c1-n1cccc1. The van der Waals surface area contributed by atoms with Gasteiger partial charge in [0.2, 0.25) is 5.91 Å². The molecule has 30 heavy (non-hydrogen) atoms. The smallest absolute Gasteiger partial charge is 0.232 e. The highest BCUT2D eigenvalue weighted by Crippen LogP contribution is 2.21. The lowest BCUT2D eigenvalue weighted by atomic mass is 10.3. The molecule has 0 aliphatic carbocycles. The summed E-state index contributed by atoms with van der Waals surface area (Å²) < 4.78 is 16.5. The Kier molecular flexibility index (Phi) is 5.89. The lowest BCUT2D eigenvalue weighted by molar-refractivity contribution is -0.118. The molecule has 4 rings (SSSR count). The van der Waals surface area contributed by atoms with E-state index in [-0.39, 0.29) is 17.4 Å². The minimum absolute atomic E-state index is 0.0709. The van der Waals surface area contributed by atoms with Gasteiger partial charge in [-0.15, -0.1) is 0 Å². The standard InChI is InChI=1S/C21H22N6O2S/c1-16-17(12-23-25-16)11-22-20(28)15-30(29)14-18-13-24-27(19-7-3-2-4-8-19)21(18)26-9-5-6-10-26/h2-10,12-13H,11,14-15H2,1H3,(H,22,28)(H,23,25). The molecule has 0 bridgehead atoms. The number of carbonyl (C=O) groups excluding carboxylic acids is 1. The van der Waals surface area contributed by atoms with Gasteiger partial charge in [0.05, 0.1) is 23.8 Å². The zero-order valence-corrected chi connectivity index (χ0v) is 17.3. The van der Waals surface area contributed by atoms with Crippen molar-refractivity contribution in [2.75, 3.05) is 5.75 Å². The van der Waals surface area contributed by atoms with Crippen LogP contribution in [0.1, 0.15) is 16.8 Å². The Morgan fingerprint density at radius 2 is 1.87 bits per heavy atom. The van der Waals surface area contributed by atoms with Gasteiger partial charge in [-0.2, -0.15) is 10.2 Å². The summed E-state index contributed by atoms with van der Waals surface area (Å²) in [5.74, 6) is 0.720. The number of carbonyl (C=O) groups is 1. The van der Waals surface area contributed by atoms with Crippen LogP contribution in [0.2, 0.25) is 0 Å². The van der Waals surface area contributed by atoms with E-state index in [9.17, 15) is 9.00 Å². The van der Waals surface area contributed by atoms with Crippen LogP contribution >= 0.6 is 0 Å². The molecule has 0 spiro atoms. The molecule has 0 fully saturated rings. The molecule has 0 aliphatic rings. The molecule has 8 nitrogen and oxygen atoms in total. The van der Waals surface area contributed by atoms with Crippen molar-refractivity contribution < 1.29 is 9.00 Å². The number of amides is 1. The summed E-state index contributed by atoms with van der Waals surface area (Å²) >= 11 is 0. The Hall–Kier alpha value is -3.46. The number of aromatic amines is 1. The van der Waals surface area contributed by atoms with Crippen LogP contribution in [-0.2, 0) is 27.9 Å². The average molecular weight is 423 g/mol. The Bertz CT molecular complexity index is 1150. The highest BCUT2D eigenvalue weighted by molar-refractivity contribution is 7.84. The molecule has 0 aliphatic heterocycles. The number of hydrogen-bond acceptors (Lipinski definition) is 4. The number of nitrogens with one attached hydrogen (secondary N) is 2. The lowest BCUT2D eigenvalue weighted by Gasteiger charge is -2.11. The first-order valence-corrected chi connectivity index (χ1v) is 11.0. The summed E-state index contributed by atoms with van der Waals surface area (Å²) in [7, 11) is -1.37. The number of H-pyrrole nitrogens is 1. The van der Waals surface area contributed by atoms with E-state index >= 15 is 0 Å². The van der Waals surface area contributed by atoms with Crippen molar-refractivity contribution in [1.29, 1.82) is 0 Å². The molecular weight excluding hydrogens is 400 g/mol. The summed E-state index contributed by atoms with van der Waals surface area (Å²) in [5.41, 5.74) is 3.53. The largest absolute Gasteiger partial charge is 0.351 e. The predicted molar refractivity (Wildman–Crippen MR) is 115 cm³/mol. The van der Waals surface area contributed by atoms with Crippen LogP contribution in [0.25, 0.3) is 11.5 Å². The molecule has 3 heterocycles. The fourth-order valence-electron chi connectivity index (χ4n) is 3.16. The van der Waals surface area contributed by atoms with Crippen LogP contribution in [0.5, 0.6) is 0 Å². The quantitative estimate of drug-likeness (QED) is 0.455. The molecular formula is C21H22N6O2S. The Morgan fingerprint density at radius 1 is 1.10 bits per heavy atom. The van der Waals surface area contributed by atoms with Gasteiger partial charge in [-0.05, 0) is 31.2 Å². The summed E-state index contributed by atoms with van der Waals surface area (Å²) in [6.07, 6.45) is 7.23. The third kappa shape index (κ3) is 4.41. The fraction of sp³-hybridized carbons (Fsp3) is 0.190. The second-order valence-electron chi connectivity index (χ2n) is 6.86. The zero-order chi connectivity index (χ0) is 20.9. The van der Waals surface area contributed by atoms with E-state index in [1.165, 1.54) is 0 Å². The van der Waals surface area contributed by atoms with Crippen LogP contribution in [0.4, 0.5) is 0 Å². The fourth-order valence-corrected chi connectivity index (χ4v) is 4.20. The zero-order valence-electron chi connectivity index (χ0n) is 16.5. The molecule has 4 aromatic rings. The van der Waals surface area contributed by atoms with Gasteiger partial charge in [-0.25, -0.2) is 4.68 Å². The van der Waals surface area contributed by atoms with E-state index in [0.717, 1.165) is 28.3 Å². The Labute approximate surface area is 176 Å². The number of hydrogen-bond donors (Lipinski definition) is 2. The molecule has 0 saturated heterocycles. The second kappa shape index (κ2) is 8.91. The molecule has 0 saturated carbocycles. The van der Waals surface area contributed by atoms with E-state index in [2.05, 4.69) is 20.6 Å². The second-order valence-corrected chi connectivity index (χ2v) is 8.31. The van der Waals surface area contributed by atoms with Gasteiger partial charge < -0.3 is 9.88 Å². The maximum Gasteiger partial charge on any atom is 0.232 e. The van der Waals surface area contributed by atoms with Crippen molar-refractivity contribution in [2.45, 2.75) is 19.2 Å². The molecule has 9 heteroatoms. The first-order chi connectivity index (χ1) is 14.6. The number of aryl methyl sites for hydroxylation is 1. The first kappa shape index (κ1) is 19.8. The summed E-state index contributed by atoms with van der Waals surface area (Å²) in [4.78, 5) is 12.2. The van der Waals surface area contributed by atoms with Gasteiger partial charge in [0.25, 0.3) is 0 Å². The number of aromatic nitrogens is 5. The van der Waals surface area contributed by atoms with Crippen LogP contribution in [0.3, 0.4) is 0 Å². The molecule has 3 aromatic heterocycles. The maximum absolute atomic E-state index is 12.7. The molecule has 0 radical (unpaired) electrons.